The monoisotopic (exact) mass is 330 g/mol. The van der Waals surface area contributed by atoms with Crippen molar-refractivity contribution in [3.8, 4) is 0 Å². The van der Waals surface area contributed by atoms with Crippen LogP contribution in [0.15, 0.2) is 9.85 Å². The summed E-state index contributed by atoms with van der Waals surface area (Å²) >= 11 is 5.01. The summed E-state index contributed by atoms with van der Waals surface area (Å²) in [5, 5.41) is 3.38. The van der Waals surface area contributed by atoms with Crippen molar-refractivity contribution in [2.45, 2.75) is 32.2 Å². The third-order valence-electron chi connectivity index (χ3n) is 3.48. The SMILES string of the molecule is Cc1cc(C(=O)N(C)C2CCCNCC2)sc1Br. The quantitative estimate of drug-likeness (QED) is 0.903. The highest BCUT2D eigenvalue weighted by atomic mass is 79.9. The van der Waals surface area contributed by atoms with Crippen molar-refractivity contribution in [1.29, 1.82) is 0 Å². The van der Waals surface area contributed by atoms with Crippen LogP contribution in [0.25, 0.3) is 0 Å². The first-order valence-electron chi connectivity index (χ1n) is 6.33. The number of hydrogen-bond acceptors (Lipinski definition) is 3. The average molecular weight is 331 g/mol. The number of halogens is 1. The predicted molar refractivity (Wildman–Crippen MR) is 79.4 cm³/mol. The summed E-state index contributed by atoms with van der Waals surface area (Å²) < 4.78 is 1.06. The molecule has 0 bridgehead atoms. The second-order valence-electron chi connectivity index (χ2n) is 4.82. The van der Waals surface area contributed by atoms with Crippen molar-refractivity contribution in [3.63, 3.8) is 0 Å². The summed E-state index contributed by atoms with van der Waals surface area (Å²) in [6, 6.07) is 2.34. The zero-order valence-electron chi connectivity index (χ0n) is 10.8. The van der Waals surface area contributed by atoms with Crippen molar-refractivity contribution in [2.75, 3.05) is 20.1 Å². The number of nitrogens with zero attached hydrogens (tertiary/aromatic N) is 1. The molecule has 1 atom stereocenters. The Hall–Kier alpha value is -0.390. The molecular formula is C13H19BrN2OS. The minimum Gasteiger partial charge on any atom is -0.338 e. The van der Waals surface area contributed by atoms with Gasteiger partial charge in [-0.2, -0.15) is 0 Å². The Morgan fingerprint density at radius 3 is 2.94 bits per heavy atom. The molecule has 2 rings (SSSR count). The van der Waals surface area contributed by atoms with Gasteiger partial charge < -0.3 is 10.2 Å². The lowest BCUT2D eigenvalue weighted by Gasteiger charge is -2.26. The van der Waals surface area contributed by atoms with Gasteiger partial charge in [-0.1, -0.05) is 0 Å². The number of carbonyl (C=O) groups excluding carboxylic acids is 1. The van der Waals surface area contributed by atoms with E-state index in [0.717, 1.165) is 46.6 Å². The molecule has 0 saturated carbocycles. The standard InChI is InChI=1S/C13H19BrN2OS/c1-9-8-11(18-12(9)14)13(17)16(2)10-4-3-6-15-7-5-10/h8,10,15H,3-7H2,1-2H3. The van der Waals surface area contributed by atoms with Crippen LogP contribution in [-0.2, 0) is 0 Å². The summed E-state index contributed by atoms with van der Waals surface area (Å²) in [7, 11) is 1.93. The summed E-state index contributed by atoms with van der Waals surface area (Å²) in [5.74, 6) is 0.153. The second-order valence-corrected chi connectivity index (χ2v) is 7.19. The van der Waals surface area contributed by atoms with E-state index in [9.17, 15) is 4.79 Å². The molecule has 18 heavy (non-hydrogen) atoms. The Kier molecular flexibility index (Phi) is 4.81. The number of rotatable bonds is 2. The molecule has 1 saturated heterocycles. The number of carbonyl (C=O) groups is 1. The fourth-order valence-corrected chi connectivity index (χ4v) is 3.81. The van der Waals surface area contributed by atoms with Crippen LogP contribution >= 0.6 is 27.3 Å². The average Bonchev–Trinajstić information content (AvgIpc) is 2.61. The Balaban J connectivity index is 2.07. The molecule has 100 valence electrons. The van der Waals surface area contributed by atoms with Crippen molar-refractivity contribution in [2.24, 2.45) is 0 Å². The molecule has 0 spiro atoms. The van der Waals surface area contributed by atoms with Gasteiger partial charge in [0.2, 0.25) is 0 Å². The number of amides is 1. The van der Waals surface area contributed by atoms with Crippen LogP contribution in [0.2, 0.25) is 0 Å². The number of aryl methyl sites for hydroxylation is 1. The van der Waals surface area contributed by atoms with Gasteiger partial charge in [0.05, 0.1) is 8.66 Å². The van der Waals surface area contributed by atoms with Crippen LogP contribution in [0.5, 0.6) is 0 Å². The molecule has 2 heterocycles. The smallest absolute Gasteiger partial charge is 0.263 e. The fraction of sp³-hybridized carbons (Fsp3) is 0.615. The summed E-state index contributed by atoms with van der Waals surface area (Å²) in [5.41, 5.74) is 1.14. The third-order valence-corrected chi connectivity index (χ3v) is 5.61. The lowest BCUT2D eigenvalue weighted by Crippen LogP contribution is -2.37. The molecular weight excluding hydrogens is 312 g/mol. The second kappa shape index (κ2) is 6.17. The minimum atomic E-state index is 0.153. The Morgan fingerprint density at radius 2 is 2.28 bits per heavy atom. The largest absolute Gasteiger partial charge is 0.338 e. The Morgan fingerprint density at radius 1 is 1.50 bits per heavy atom. The van der Waals surface area contributed by atoms with Gasteiger partial charge in [0.15, 0.2) is 0 Å². The van der Waals surface area contributed by atoms with E-state index in [2.05, 4.69) is 21.2 Å². The molecule has 1 aromatic rings. The predicted octanol–water partition coefficient (Wildman–Crippen LogP) is 3.03. The molecule has 0 radical (unpaired) electrons. The van der Waals surface area contributed by atoms with E-state index in [1.165, 1.54) is 11.3 Å². The van der Waals surface area contributed by atoms with Crippen LogP contribution in [-0.4, -0.2) is 37.0 Å². The van der Waals surface area contributed by atoms with Crippen molar-refractivity contribution >= 4 is 33.2 Å². The van der Waals surface area contributed by atoms with Gasteiger partial charge in [-0.25, -0.2) is 0 Å². The zero-order valence-corrected chi connectivity index (χ0v) is 13.2. The molecule has 1 amide bonds. The van der Waals surface area contributed by atoms with Crippen LogP contribution < -0.4 is 5.32 Å². The minimum absolute atomic E-state index is 0.153. The van der Waals surface area contributed by atoms with E-state index in [4.69, 9.17) is 0 Å². The lowest BCUT2D eigenvalue weighted by molar-refractivity contribution is 0.0725. The van der Waals surface area contributed by atoms with Gasteiger partial charge in [-0.3, -0.25) is 4.79 Å². The van der Waals surface area contributed by atoms with Gasteiger partial charge in [0, 0.05) is 13.1 Å². The first-order valence-corrected chi connectivity index (χ1v) is 7.94. The van der Waals surface area contributed by atoms with Gasteiger partial charge in [0.25, 0.3) is 5.91 Å². The maximum atomic E-state index is 12.4. The van der Waals surface area contributed by atoms with Gasteiger partial charge in [-0.15, -0.1) is 11.3 Å². The summed E-state index contributed by atoms with van der Waals surface area (Å²) in [4.78, 5) is 15.2. The van der Waals surface area contributed by atoms with E-state index in [-0.39, 0.29) is 5.91 Å². The molecule has 3 nitrogen and oxygen atoms in total. The zero-order chi connectivity index (χ0) is 13.1. The van der Waals surface area contributed by atoms with E-state index >= 15 is 0 Å². The molecule has 1 aliphatic heterocycles. The molecule has 1 N–H and O–H groups in total. The van der Waals surface area contributed by atoms with Crippen molar-refractivity contribution < 1.29 is 4.79 Å². The number of hydrogen-bond donors (Lipinski definition) is 1. The fourth-order valence-electron chi connectivity index (χ4n) is 2.29. The maximum absolute atomic E-state index is 12.4. The number of thiophene rings is 1. The first-order chi connectivity index (χ1) is 8.59. The molecule has 1 aliphatic rings. The normalized spacial score (nSPS) is 20.5. The topological polar surface area (TPSA) is 32.3 Å². The van der Waals surface area contributed by atoms with E-state index in [0.29, 0.717) is 6.04 Å². The highest BCUT2D eigenvalue weighted by molar-refractivity contribution is 9.11. The van der Waals surface area contributed by atoms with E-state index in [1.807, 2.05) is 24.9 Å². The van der Waals surface area contributed by atoms with Crippen LogP contribution in [0, 0.1) is 6.92 Å². The van der Waals surface area contributed by atoms with Crippen molar-refractivity contribution in [1.82, 2.24) is 10.2 Å². The third kappa shape index (κ3) is 3.13. The summed E-state index contributed by atoms with van der Waals surface area (Å²) in [6.07, 6.45) is 3.30. The van der Waals surface area contributed by atoms with Gasteiger partial charge in [0.1, 0.15) is 0 Å². The Labute approximate surface area is 121 Å². The molecule has 0 aliphatic carbocycles. The van der Waals surface area contributed by atoms with Crippen LogP contribution in [0.3, 0.4) is 0 Å². The highest BCUT2D eigenvalue weighted by Gasteiger charge is 2.23. The van der Waals surface area contributed by atoms with Gasteiger partial charge >= 0.3 is 0 Å². The number of nitrogens with one attached hydrogen (secondary N) is 1. The summed E-state index contributed by atoms with van der Waals surface area (Å²) in [6.45, 7) is 4.10. The first kappa shape index (κ1) is 14.0. The van der Waals surface area contributed by atoms with Crippen molar-refractivity contribution in [3.05, 3.63) is 20.3 Å². The van der Waals surface area contributed by atoms with E-state index in [1.54, 1.807) is 0 Å². The maximum Gasteiger partial charge on any atom is 0.263 e. The highest BCUT2D eigenvalue weighted by Crippen LogP contribution is 2.28. The molecule has 1 fully saturated rings. The van der Waals surface area contributed by atoms with Crippen LogP contribution in [0.1, 0.15) is 34.5 Å². The molecule has 1 aromatic heterocycles. The lowest BCUT2D eigenvalue weighted by atomic mass is 10.1. The molecule has 0 aromatic carbocycles. The van der Waals surface area contributed by atoms with E-state index < -0.39 is 0 Å². The van der Waals surface area contributed by atoms with Crippen LogP contribution in [0.4, 0.5) is 0 Å². The molecule has 1 unspecified atom stereocenters. The molecule has 5 heteroatoms. The van der Waals surface area contributed by atoms with Gasteiger partial charge in [-0.05, 0) is 66.8 Å². The Bertz CT molecular complexity index is 405.